The van der Waals surface area contributed by atoms with Gasteiger partial charge in [0.25, 0.3) is 0 Å². The number of fused-ring (bicyclic) bond motifs is 1. The van der Waals surface area contributed by atoms with Crippen LogP contribution in [-0.4, -0.2) is 16.5 Å². The second-order valence-electron chi connectivity index (χ2n) is 4.80. The molecule has 0 unspecified atom stereocenters. The summed E-state index contributed by atoms with van der Waals surface area (Å²) in [6, 6.07) is 8.12. The summed E-state index contributed by atoms with van der Waals surface area (Å²) in [5.41, 5.74) is 2.13. The van der Waals surface area contributed by atoms with E-state index in [1.165, 1.54) is 38.5 Å². The molecular weight excluding hydrogens is 222 g/mol. The zero-order valence-electron chi connectivity index (χ0n) is 11.2. The van der Waals surface area contributed by atoms with Crippen LogP contribution >= 0.6 is 0 Å². The molecule has 0 amide bonds. The first kappa shape index (κ1) is 12.9. The number of aromatic nitrogens is 2. The number of nitrogens with zero attached hydrogens (tertiary/aromatic N) is 1. The molecule has 2 rings (SSSR count). The number of aromatic amines is 1. The molecule has 2 N–H and O–H groups in total. The van der Waals surface area contributed by atoms with Crippen molar-refractivity contribution in [2.75, 3.05) is 11.9 Å². The molecule has 18 heavy (non-hydrogen) atoms. The summed E-state index contributed by atoms with van der Waals surface area (Å²) >= 11 is 0. The maximum Gasteiger partial charge on any atom is 0.201 e. The average Bonchev–Trinajstić information content (AvgIpc) is 2.80. The van der Waals surface area contributed by atoms with Gasteiger partial charge in [-0.1, -0.05) is 51.2 Å². The van der Waals surface area contributed by atoms with Crippen molar-refractivity contribution in [2.45, 2.75) is 45.4 Å². The average molecular weight is 245 g/mol. The van der Waals surface area contributed by atoms with E-state index in [1.54, 1.807) is 0 Å². The summed E-state index contributed by atoms with van der Waals surface area (Å²) in [5.74, 6) is 0.893. The molecule has 1 aromatic carbocycles. The van der Waals surface area contributed by atoms with E-state index in [0.717, 1.165) is 23.5 Å². The van der Waals surface area contributed by atoms with Gasteiger partial charge in [0.1, 0.15) is 0 Å². The molecule has 2 aromatic rings. The first-order valence-corrected chi connectivity index (χ1v) is 7.09. The summed E-state index contributed by atoms with van der Waals surface area (Å²) < 4.78 is 0. The lowest BCUT2D eigenvalue weighted by atomic mass is 10.1. The molecule has 0 radical (unpaired) electrons. The van der Waals surface area contributed by atoms with Crippen LogP contribution in [0, 0.1) is 0 Å². The van der Waals surface area contributed by atoms with Gasteiger partial charge in [-0.15, -0.1) is 0 Å². The molecular formula is C15H23N3. The Morgan fingerprint density at radius 1 is 1.06 bits per heavy atom. The van der Waals surface area contributed by atoms with Gasteiger partial charge in [0.05, 0.1) is 11.0 Å². The first-order chi connectivity index (χ1) is 8.90. The summed E-state index contributed by atoms with van der Waals surface area (Å²) in [6.45, 7) is 3.26. The van der Waals surface area contributed by atoms with Crippen molar-refractivity contribution in [3.63, 3.8) is 0 Å². The van der Waals surface area contributed by atoms with Crippen LogP contribution in [0.25, 0.3) is 11.0 Å². The Morgan fingerprint density at radius 3 is 2.67 bits per heavy atom. The molecule has 0 aliphatic rings. The Hall–Kier alpha value is -1.51. The standard InChI is InChI=1S/C15H23N3/c1-2-3-4-5-6-9-12-16-15-17-13-10-7-8-11-14(13)18-15/h7-8,10-11H,2-6,9,12H2,1H3,(H2,16,17,18). The fourth-order valence-corrected chi connectivity index (χ4v) is 2.15. The third-order valence-electron chi connectivity index (χ3n) is 3.21. The molecule has 1 heterocycles. The van der Waals surface area contributed by atoms with E-state index >= 15 is 0 Å². The van der Waals surface area contributed by atoms with Crippen LogP contribution in [0.5, 0.6) is 0 Å². The predicted molar refractivity (Wildman–Crippen MR) is 78.0 cm³/mol. The van der Waals surface area contributed by atoms with Gasteiger partial charge in [-0.3, -0.25) is 0 Å². The van der Waals surface area contributed by atoms with Gasteiger partial charge in [0.15, 0.2) is 0 Å². The normalized spacial score (nSPS) is 10.9. The zero-order valence-corrected chi connectivity index (χ0v) is 11.2. The summed E-state index contributed by atoms with van der Waals surface area (Å²) in [7, 11) is 0. The van der Waals surface area contributed by atoms with Gasteiger partial charge in [-0.2, -0.15) is 0 Å². The van der Waals surface area contributed by atoms with Crippen LogP contribution in [0.3, 0.4) is 0 Å². The highest BCUT2D eigenvalue weighted by Crippen LogP contribution is 2.13. The number of rotatable bonds is 8. The maximum atomic E-state index is 4.49. The Balaban J connectivity index is 1.67. The molecule has 0 saturated heterocycles. The number of unbranched alkanes of at least 4 members (excludes halogenated alkanes) is 5. The van der Waals surface area contributed by atoms with E-state index in [2.05, 4.69) is 28.3 Å². The number of hydrogen-bond acceptors (Lipinski definition) is 2. The van der Waals surface area contributed by atoms with Crippen molar-refractivity contribution < 1.29 is 0 Å². The van der Waals surface area contributed by atoms with Gasteiger partial charge < -0.3 is 10.3 Å². The minimum absolute atomic E-state index is 0.893. The lowest BCUT2D eigenvalue weighted by Gasteiger charge is -2.02. The van der Waals surface area contributed by atoms with Crippen molar-refractivity contribution in [1.29, 1.82) is 0 Å². The van der Waals surface area contributed by atoms with Crippen LogP contribution < -0.4 is 5.32 Å². The fourth-order valence-electron chi connectivity index (χ4n) is 2.15. The quantitative estimate of drug-likeness (QED) is 0.679. The van der Waals surface area contributed by atoms with Gasteiger partial charge in [0.2, 0.25) is 5.95 Å². The van der Waals surface area contributed by atoms with Crippen LogP contribution in [0.15, 0.2) is 24.3 Å². The molecule has 0 bridgehead atoms. The van der Waals surface area contributed by atoms with E-state index in [-0.39, 0.29) is 0 Å². The van der Waals surface area contributed by atoms with Crippen molar-refractivity contribution in [2.24, 2.45) is 0 Å². The van der Waals surface area contributed by atoms with Gasteiger partial charge in [0, 0.05) is 6.54 Å². The van der Waals surface area contributed by atoms with Crippen molar-refractivity contribution in [3.8, 4) is 0 Å². The topological polar surface area (TPSA) is 40.7 Å². The van der Waals surface area contributed by atoms with Crippen LogP contribution in [-0.2, 0) is 0 Å². The summed E-state index contributed by atoms with van der Waals surface area (Å²) in [4.78, 5) is 7.78. The number of nitrogens with one attached hydrogen (secondary N) is 2. The molecule has 0 aliphatic carbocycles. The molecule has 0 aliphatic heterocycles. The van der Waals surface area contributed by atoms with E-state index in [4.69, 9.17) is 0 Å². The molecule has 0 spiro atoms. The third-order valence-corrected chi connectivity index (χ3v) is 3.21. The second-order valence-corrected chi connectivity index (χ2v) is 4.80. The first-order valence-electron chi connectivity index (χ1n) is 7.09. The lowest BCUT2D eigenvalue weighted by molar-refractivity contribution is 0.616. The molecule has 0 fully saturated rings. The Morgan fingerprint density at radius 2 is 1.83 bits per heavy atom. The van der Waals surface area contributed by atoms with E-state index < -0.39 is 0 Å². The Labute approximate surface area is 109 Å². The van der Waals surface area contributed by atoms with Crippen LogP contribution in [0.1, 0.15) is 45.4 Å². The zero-order chi connectivity index (χ0) is 12.6. The fraction of sp³-hybridized carbons (Fsp3) is 0.533. The van der Waals surface area contributed by atoms with Crippen molar-refractivity contribution in [3.05, 3.63) is 24.3 Å². The molecule has 3 nitrogen and oxygen atoms in total. The highest BCUT2D eigenvalue weighted by atomic mass is 15.1. The smallest absolute Gasteiger partial charge is 0.201 e. The number of imidazole rings is 1. The van der Waals surface area contributed by atoms with Crippen LogP contribution in [0.2, 0.25) is 0 Å². The minimum atomic E-state index is 0.893. The summed E-state index contributed by atoms with van der Waals surface area (Å²) in [5, 5.41) is 3.36. The molecule has 98 valence electrons. The molecule has 1 aromatic heterocycles. The highest BCUT2D eigenvalue weighted by Gasteiger charge is 2.00. The number of para-hydroxylation sites is 2. The largest absolute Gasteiger partial charge is 0.356 e. The molecule has 0 atom stereocenters. The number of H-pyrrole nitrogens is 1. The maximum absolute atomic E-state index is 4.49. The highest BCUT2D eigenvalue weighted by molar-refractivity contribution is 5.77. The summed E-state index contributed by atoms with van der Waals surface area (Å²) in [6.07, 6.45) is 7.96. The van der Waals surface area contributed by atoms with Crippen LogP contribution in [0.4, 0.5) is 5.95 Å². The Kier molecular flexibility index (Phi) is 5.06. The Bertz CT molecular complexity index is 428. The van der Waals surface area contributed by atoms with E-state index in [1.807, 2.05) is 18.2 Å². The SMILES string of the molecule is CCCCCCCCNc1nc2ccccc2[nH]1. The predicted octanol–water partition coefficient (Wildman–Crippen LogP) is 4.34. The number of benzene rings is 1. The van der Waals surface area contributed by atoms with Gasteiger partial charge in [-0.05, 0) is 18.6 Å². The second kappa shape index (κ2) is 7.04. The third kappa shape index (κ3) is 3.76. The lowest BCUT2D eigenvalue weighted by Crippen LogP contribution is -2.02. The monoisotopic (exact) mass is 245 g/mol. The van der Waals surface area contributed by atoms with E-state index in [0.29, 0.717) is 0 Å². The van der Waals surface area contributed by atoms with Crippen molar-refractivity contribution >= 4 is 17.0 Å². The molecule has 3 heteroatoms. The van der Waals surface area contributed by atoms with Gasteiger partial charge >= 0.3 is 0 Å². The number of anilines is 1. The van der Waals surface area contributed by atoms with Gasteiger partial charge in [-0.25, -0.2) is 4.98 Å². The minimum Gasteiger partial charge on any atom is -0.356 e. The molecule has 0 saturated carbocycles. The van der Waals surface area contributed by atoms with Crippen molar-refractivity contribution in [1.82, 2.24) is 9.97 Å². The van der Waals surface area contributed by atoms with E-state index in [9.17, 15) is 0 Å². The number of hydrogen-bond donors (Lipinski definition) is 2.